The predicted octanol–water partition coefficient (Wildman–Crippen LogP) is 9.00. The summed E-state index contributed by atoms with van der Waals surface area (Å²) in [6.07, 6.45) is 13.0. The first-order valence-electron chi connectivity index (χ1n) is 14.7. The Morgan fingerprint density at radius 2 is 1.62 bits per heavy atom. The third kappa shape index (κ3) is 6.64. The van der Waals surface area contributed by atoms with Crippen molar-refractivity contribution in [1.82, 2.24) is 9.97 Å². The molecule has 0 radical (unpaired) electrons. The minimum absolute atomic E-state index is 0.0541. The van der Waals surface area contributed by atoms with Crippen molar-refractivity contribution in [2.75, 3.05) is 10.6 Å². The molecule has 0 atom stereocenters. The van der Waals surface area contributed by atoms with Gasteiger partial charge >= 0.3 is 0 Å². The molecule has 0 aliphatic heterocycles. The third-order valence-corrected chi connectivity index (χ3v) is 9.96. The fourth-order valence-electron chi connectivity index (χ4n) is 5.73. The lowest BCUT2D eigenvalue weighted by atomic mass is 9.96. The lowest BCUT2D eigenvalue weighted by Gasteiger charge is -2.22. The summed E-state index contributed by atoms with van der Waals surface area (Å²) in [5.74, 6) is 0.727. The molecule has 2 N–H and O–H groups in total. The summed E-state index contributed by atoms with van der Waals surface area (Å²) in [6.45, 7) is 3.63. The van der Waals surface area contributed by atoms with E-state index in [-0.39, 0.29) is 5.91 Å². The standard InChI is InChI=1S/C18H23N3OS.C15H15NS/c1-12-17(14-8-10-16(11-9-14)19-13(2)22)21-18(23-12)20-15-6-4-3-5-7-15;1-2-10-4-7-13(8-12(10)3-1)14-9-17-15(16-14)11-5-6-11/h8-11,15H,3-7H2,1-2H3,(H,19,22)(H,20,21);4,7-9,11H,1-3,5-6H2. The first-order chi connectivity index (χ1) is 19.5. The molecule has 7 heteroatoms. The van der Waals surface area contributed by atoms with Crippen LogP contribution >= 0.6 is 22.7 Å². The zero-order valence-electron chi connectivity index (χ0n) is 23.5. The Kier molecular flexibility index (Phi) is 8.30. The van der Waals surface area contributed by atoms with E-state index < -0.39 is 0 Å². The summed E-state index contributed by atoms with van der Waals surface area (Å²) in [5.41, 5.74) is 8.53. The van der Waals surface area contributed by atoms with Crippen molar-refractivity contribution >= 4 is 39.4 Å². The third-order valence-electron chi connectivity index (χ3n) is 8.05. The van der Waals surface area contributed by atoms with Gasteiger partial charge in [-0.2, -0.15) is 0 Å². The average molecular weight is 571 g/mol. The van der Waals surface area contributed by atoms with E-state index in [0.29, 0.717) is 6.04 Å². The maximum absolute atomic E-state index is 11.1. The Labute approximate surface area is 245 Å². The molecule has 40 heavy (non-hydrogen) atoms. The van der Waals surface area contributed by atoms with Crippen LogP contribution in [0.25, 0.3) is 22.5 Å². The van der Waals surface area contributed by atoms with E-state index in [0.717, 1.165) is 28.0 Å². The van der Waals surface area contributed by atoms with Crippen molar-refractivity contribution in [2.45, 2.75) is 90.0 Å². The molecule has 2 saturated carbocycles. The molecular weight excluding hydrogens is 533 g/mol. The number of carbonyl (C=O) groups is 1. The number of rotatable bonds is 6. The molecule has 1 amide bonds. The monoisotopic (exact) mass is 570 g/mol. The number of nitrogens with one attached hydrogen (secondary N) is 2. The first-order valence-corrected chi connectivity index (χ1v) is 16.4. The molecule has 2 heterocycles. The maximum atomic E-state index is 11.1. The number of aromatic nitrogens is 2. The molecular formula is C33H38N4OS2. The Balaban J connectivity index is 0.000000150. The van der Waals surface area contributed by atoms with Crippen LogP contribution in [0.4, 0.5) is 10.8 Å². The second kappa shape index (κ2) is 12.2. The van der Waals surface area contributed by atoms with Gasteiger partial charge in [-0.05, 0) is 81.2 Å². The van der Waals surface area contributed by atoms with Gasteiger partial charge in [0.25, 0.3) is 0 Å². The van der Waals surface area contributed by atoms with Gasteiger partial charge in [0.05, 0.1) is 16.4 Å². The van der Waals surface area contributed by atoms with E-state index in [9.17, 15) is 4.79 Å². The molecule has 4 aromatic rings. The highest BCUT2D eigenvalue weighted by Crippen LogP contribution is 2.42. The summed E-state index contributed by atoms with van der Waals surface area (Å²) in [5, 5.41) is 11.0. The van der Waals surface area contributed by atoms with Crippen LogP contribution in [0, 0.1) is 6.92 Å². The number of anilines is 2. The van der Waals surface area contributed by atoms with Crippen LogP contribution < -0.4 is 10.6 Å². The van der Waals surface area contributed by atoms with Crippen molar-refractivity contribution in [3.05, 3.63) is 68.9 Å². The largest absolute Gasteiger partial charge is 0.359 e. The topological polar surface area (TPSA) is 66.9 Å². The molecule has 5 nitrogen and oxygen atoms in total. The molecule has 3 aliphatic rings. The molecule has 2 fully saturated rings. The summed E-state index contributed by atoms with van der Waals surface area (Å²) >= 11 is 3.56. The number of carbonyl (C=O) groups excluding carboxylic acids is 1. The quantitative estimate of drug-likeness (QED) is 0.243. The number of thiazole rings is 2. The smallest absolute Gasteiger partial charge is 0.221 e. The van der Waals surface area contributed by atoms with Gasteiger partial charge in [-0.3, -0.25) is 4.79 Å². The Hall–Kier alpha value is -3.03. The van der Waals surface area contributed by atoms with Crippen LogP contribution in [0.2, 0.25) is 0 Å². The first kappa shape index (κ1) is 27.2. The highest BCUT2D eigenvalue weighted by molar-refractivity contribution is 7.16. The van der Waals surface area contributed by atoms with Crippen LogP contribution in [0.1, 0.15) is 85.2 Å². The van der Waals surface area contributed by atoms with Gasteiger partial charge in [-0.1, -0.05) is 43.5 Å². The zero-order valence-corrected chi connectivity index (χ0v) is 25.1. The lowest BCUT2D eigenvalue weighted by Crippen LogP contribution is -2.21. The van der Waals surface area contributed by atoms with Gasteiger partial charge in [0.1, 0.15) is 0 Å². The van der Waals surface area contributed by atoms with Gasteiger partial charge in [0.2, 0.25) is 5.91 Å². The van der Waals surface area contributed by atoms with E-state index in [1.807, 2.05) is 35.6 Å². The second-order valence-electron chi connectivity index (χ2n) is 11.3. The van der Waals surface area contributed by atoms with Gasteiger partial charge < -0.3 is 10.6 Å². The van der Waals surface area contributed by atoms with Gasteiger partial charge in [0, 0.05) is 46.0 Å². The minimum atomic E-state index is -0.0541. The zero-order chi connectivity index (χ0) is 27.5. The molecule has 3 aliphatic carbocycles. The molecule has 208 valence electrons. The van der Waals surface area contributed by atoms with Crippen LogP contribution in [-0.2, 0) is 17.6 Å². The Morgan fingerprint density at radius 3 is 2.38 bits per heavy atom. The Morgan fingerprint density at radius 1 is 0.875 bits per heavy atom. The van der Waals surface area contributed by atoms with Crippen molar-refractivity contribution in [3.63, 3.8) is 0 Å². The van der Waals surface area contributed by atoms with Gasteiger partial charge in [-0.25, -0.2) is 9.97 Å². The van der Waals surface area contributed by atoms with E-state index in [1.165, 1.54) is 92.3 Å². The molecule has 2 aromatic heterocycles. The summed E-state index contributed by atoms with van der Waals surface area (Å²) < 4.78 is 0. The van der Waals surface area contributed by atoms with E-state index in [2.05, 4.69) is 41.1 Å². The molecule has 2 aromatic carbocycles. The van der Waals surface area contributed by atoms with Crippen LogP contribution in [0.3, 0.4) is 0 Å². The predicted molar refractivity (Wildman–Crippen MR) is 169 cm³/mol. The fourth-order valence-corrected chi connectivity index (χ4v) is 7.64. The van der Waals surface area contributed by atoms with Crippen LogP contribution in [0.15, 0.2) is 47.8 Å². The second-order valence-corrected chi connectivity index (χ2v) is 13.4. The number of hydrogen-bond acceptors (Lipinski definition) is 6. The van der Waals surface area contributed by atoms with Crippen molar-refractivity contribution in [1.29, 1.82) is 0 Å². The van der Waals surface area contributed by atoms with E-state index in [4.69, 9.17) is 9.97 Å². The van der Waals surface area contributed by atoms with E-state index in [1.54, 1.807) is 22.5 Å². The molecule has 0 bridgehead atoms. The van der Waals surface area contributed by atoms with Gasteiger partial charge in [-0.15, -0.1) is 22.7 Å². The normalized spacial score (nSPS) is 16.6. The number of fused-ring (bicyclic) bond motifs is 1. The SMILES string of the molecule is CC(=O)Nc1ccc(-c2nc(NC3CCCCC3)sc2C)cc1.c1cc2c(cc1-c1csc(C3CC3)n1)CCC2. The van der Waals surface area contributed by atoms with Crippen molar-refractivity contribution < 1.29 is 4.79 Å². The van der Waals surface area contributed by atoms with Crippen LogP contribution in [-0.4, -0.2) is 21.9 Å². The number of amides is 1. The number of aryl methyl sites for hydroxylation is 3. The molecule has 7 rings (SSSR count). The van der Waals surface area contributed by atoms with Crippen LogP contribution in [0.5, 0.6) is 0 Å². The molecule has 0 spiro atoms. The molecule has 0 saturated heterocycles. The fraction of sp³-hybridized carbons (Fsp3) is 0.424. The Bertz CT molecular complexity index is 1460. The van der Waals surface area contributed by atoms with Crippen molar-refractivity contribution in [2.24, 2.45) is 0 Å². The van der Waals surface area contributed by atoms with Crippen molar-refractivity contribution in [3.8, 4) is 22.5 Å². The highest BCUT2D eigenvalue weighted by Gasteiger charge is 2.27. The lowest BCUT2D eigenvalue weighted by molar-refractivity contribution is -0.114. The number of hydrogen-bond donors (Lipinski definition) is 2. The summed E-state index contributed by atoms with van der Waals surface area (Å²) in [4.78, 5) is 21.9. The summed E-state index contributed by atoms with van der Waals surface area (Å²) in [6, 6.07) is 15.3. The van der Waals surface area contributed by atoms with E-state index >= 15 is 0 Å². The minimum Gasteiger partial charge on any atom is -0.359 e. The average Bonchev–Trinajstić information content (AvgIpc) is 3.32. The summed E-state index contributed by atoms with van der Waals surface area (Å²) in [7, 11) is 0. The number of benzene rings is 2. The van der Waals surface area contributed by atoms with Gasteiger partial charge in [0.15, 0.2) is 5.13 Å². The highest BCUT2D eigenvalue weighted by atomic mass is 32.1. The number of nitrogens with zero attached hydrogens (tertiary/aromatic N) is 2. The maximum Gasteiger partial charge on any atom is 0.221 e. The molecule has 0 unspecified atom stereocenters.